The number of para-hydroxylation sites is 1. The lowest BCUT2D eigenvalue weighted by molar-refractivity contribution is -0.122. The lowest BCUT2D eigenvalue weighted by Crippen LogP contribution is -2.50. The van der Waals surface area contributed by atoms with Crippen LogP contribution in [-0.4, -0.2) is 63.7 Å². The van der Waals surface area contributed by atoms with Crippen LogP contribution in [0.1, 0.15) is 0 Å². The number of benzene rings is 3. The van der Waals surface area contributed by atoms with Crippen molar-refractivity contribution in [2.24, 2.45) is 0 Å². The number of fused-ring (bicyclic) bond motifs is 1. The van der Waals surface area contributed by atoms with Crippen molar-refractivity contribution < 1.29 is 17.9 Å². The van der Waals surface area contributed by atoms with Gasteiger partial charge in [0.1, 0.15) is 5.75 Å². The third-order valence-corrected chi connectivity index (χ3v) is 7.79. The molecule has 1 N–H and O–H groups in total. The molecule has 7 nitrogen and oxygen atoms in total. The van der Waals surface area contributed by atoms with Crippen LogP contribution in [0, 0.1) is 0 Å². The van der Waals surface area contributed by atoms with E-state index in [1.54, 1.807) is 0 Å². The Morgan fingerprint density at radius 1 is 0.939 bits per heavy atom. The van der Waals surface area contributed by atoms with Crippen LogP contribution < -0.4 is 15.0 Å². The van der Waals surface area contributed by atoms with Crippen molar-refractivity contribution in [3.63, 3.8) is 0 Å². The first-order valence-electron chi connectivity index (χ1n) is 10.8. The van der Waals surface area contributed by atoms with E-state index in [-0.39, 0.29) is 24.8 Å². The van der Waals surface area contributed by atoms with Crippen molar-refractivity contribution in [3.8, 4) is 5.75 Å². The SMILES string of the molecule is O=C(COc1ccc2ccccc2c1)NCCS(=O)(=O)N1CCN(c2ccccc2Cl)CC1. The molecule has 3 aromatic rings. The molecular formula is C24H26ClN3O4S. The number of piperazine rings is 1. The predicted octanol–water partition coefficient (Wildman–Crippen LogP) is 3.14. The highest BCUT2D eigenvalue weighted by Crippen LogP contribution is 2.26. The third kappa shape index (κ3) is 5.96. The van der Waals surface area contributed by atoms with Crippen molar-refractivity contribution in [1.29, 1.82) is 0 Å². The molecule has 1 saturated heterocycles. The monoisotopic (exact) mass is 487 g/mol. The summed E-state index contributed by atoms with van der Waals surface area (Å²) in [6.45, 7) is 1.75. The Hall–Kier alpha value is -2.81. The van der Waals surface area contributed by atoms with Crippen LogP contribution in [0.25, 0.3) is 10.8 Å². The van der Waals surface area contributed by atoms with Gasteiger partial charge in [0.25, 0.3) is 5.91 Å². The topological polar surface area (TPSA) is 78.9 Å². The minimum atomic E-state index is -3.47. The molecule has 0 atom stereocenters. The number of carbonyl (C=O) groups is 1. The van der Waals surface area contributed by atoms with Crippen LogP contribution in [-0.2, 0) is 14.8 Å². The van der Waals surface area contributed by atoms with Gasteiger partial charge in [-0.25, -0.2) is 8.42 Å². The zero-order valence-corrected chi connectivity index (χ0v) is 19.7. The second kappa shape index (κ2) is 10.4. The Kier molecular flexibility index (Phi) is 7.37. The summed E-state index contributed by atoms with van der Waals surface area (Å²) in [4.78, 5) is 14.2. The van der Waals surface area contributed by atoms with E-state index in [1.807, 2.05) is 66.7 Å². The Labute approximate surface area is 198 Å². The number of hydrogen-bond donors (Lipinski definition) is 1. The summed E-state index contributed by atoms with van der Waals surface area (Å²) >= 11 is 6.25. The zero-order chi connectivity index (χ0) is 23.3. The number of nitrogens with zero attached hydrogens (tertiary/aromatic N) is 2. The van der Waals surface area contributed by atoms with Crippen molar-refractivity contribution in [3.05, 3.63) is 71.8 Å². The molecule has 0 bridgehead atoms. The van der Waals surface area contributed by atoms with Crippen LogP contribution in [0.5, 0.6) is 5.75 Å². The average molecular weight is 488 g/mol. The molecule has 0 saturated carbocycles. The van der Waals surface area contributed by atoms with Crippen LogP contribution in [0.2, 0.25) is 5.02 Å². The maximum absolute atomic E-state index is 12.7. The molecule has 33 heavy (non-hydrogen) atoms. The number of amides is 1. The van der Waals surface area contributed by atoms with Gasteiger partial charge in [-0.2, -0.15) is 4.31 Å². The van der Waals surface area contributed by atoms with E-state index in [9.17, 15) is 13.2 Å². The van der Waals surface area contributed by atoms with Crippen molar-refractivity contribution in [1.82, 2.24) is 9.62 Å². The second-order valence-electron chi connectivity index (χ2n) is 7.80. The predicted molar refractivity (Wildman–Crippen MR) is 131 cm³/mol. The number of halogens is 1. The number of anilines is 1. The van der Waals surface area contributed by atoms with E-state index in [0.717, 1.165) is 16.5 Å². The maximum atomic E-state index is 12.7. The summed E-state index contributed by atoms with van der Waals surface area (Å²) in [6, 6.07) is 21.0. The number of carbonyl (C=O) groups excluding carboxylic acids is 1. The minimum absolute atomic E-state index is 0.0347. The van der Waals surface area contributed by atoms with Crippen molar-refractivity contribution in [2.75, 3.05) is 50.0 Å². The van der Waals surface area contributed by atoms with Crippen LogP contribution in [0.3, 0.4) is 0 Å². The molecule has 9 heteroatoms. The molecule has 1 aliphatic heterocycles. The zero-order valence-electron chi connectivity index (χ0n) is 18.1. The van der Waals surface area contributed by atoms with E-state index in [1.165, 1.54) is 4.31 Å². The molecule has 174 valence electrons. The van der Waals surface area contributed by atoms with Gasteiger partial charge in [-0.05, 0) is 35.0 Å². The molecule has 0 radical (unpaired) electrons. The quantitative estimate of drug-likeness (QED) is 0.528. The average Bonchev–Trinajstić information content (AvgIpc) is 2.83. The molecule has 0 aliphatic carbocycles. The van der Waals surface area contributed by atoms with Gasteiger partial charge in [0.15, 0.2) is 6.61 Å². The summed E-state index contributed by atoms with van der Waals surface area (Å²) in [6.07, 6.45) is 0. The first-order valence-corrected chi connectivity index (χ1v) is 12.8. The maximum Gasteiger partial charge on any atom is 0.257 e. The summed E-state index contributed by atoms with van der Waals surface area (Å²) < 4.78 is 32.4. The van der Waals surface area contributed by atoms with E-state index < -0.39 is 10.0 Å². The summed E-state index contributed by atoms with van der Waals surface area (Å²) in [5, 5.41) is 5.40. The highest BCUT2D eigenvalue weighted by molar-refractivity contribution is 7.89. The Morgan fingerprint density at radius 2 is 1.64 bits per heavy atom. The summed E-state index contributed by atoms with van der Waals surface area (Å²) in [5.74, 6) is 0.0793. The first kappa shape index (κ1) is 23.4. The van der Waals surface area contributed by atoms with Gasteiger partial charge in [-0.3, -0.25) is 4.79 Å². The molecule has 1 amide bonds. The number of rotatable bonds is 8. The van der Waals surface area contributed by atoms with Crippen LogP contribution in [0.4, 0.5) is 5.69 Å². The van der Waals surface area contributed by atoms with Gasteiger partial charge >= 0.3 is 0 Å². The lowest BCUT2D eigenvalue weighted by Gasteiger charge is -2.35. The van der Waals surface area contributed by atoms with E-state index in [2.05, 4.69) is 10.2 Å². The van der Waals surface area contributed by atoms with Gasteiger partial charge in [0.05, 0.1) is 16.5 Å². The fourth-order valence-corrected chi connectivity index (χ4v) is 5.41. The molecule has 0 aromatic heterocycles. The first-order chi connectivity index (χ1) is 15.9. The molecular weight excluding hydrogens is 462 g/mol. The number of hydrogen-bond acceptors (Lipinski definition) is 5. The van der Waals surface area contributed by atoms with Crippen LogP contribution >= 0.6 is 11.6 Å². The van der Waals surface area contributed by atoms with Gasteiger partial charge in [0, 0.05) is 32.7 Å². The Bertz CT molecular complexity index is 1230. The number of ether oxygens (including phenoxy) is 1. The Balaban J connectivity index is 1.21. The van der Waals surface area contributed by atoms with Crippen LogP contribution in [0.15, 0.2) is 66.7 Å². The van der Waals surface area contributed by atoms with Crippen molar-refractivity contribution in [2.45, 2.75) is 0 Å². The number of sulfonamides is 1. The highest BCUT2D eigenvalue weighted by atomic mass is 35.5. The van der Waals surface area contributed by atoms with E-state index in [4.69, 9.17) is 16.3 Å². The smallest absolute Gasteiger partial charge is 0.257 e. The fourth-order valence-electron chi connectivity index (χ4n) is 3.82. The van der Waals surface area contributed by atoms with Gasteiger partial charge in [-0.15, -0.1) is 0 Å². The van der Waals surface area contributed by atoms with Gasteiger partial charge < -0.3 is 15.0 Å². The highest BCUT2D eigenvalue weighted by Gasteiger charge is 2.27. The van der Waals surface area contributed by atoms with Gasteiger partial charge in [-0.1, -0.05) is 54.1 Å². The second-order valence-corrected chi connectivity index (χ2v) is 10.3. The standard InChI is InChI=1S/C24H26ClN3O4S/c25-22-7-3-4-8-23(22)27-12-14-28(15-13-27)33(30,31)16-11-26-24(29)18-32-21-10-9-19-5-1-2-6-20(19)17-21/h1-10,17H,11-16,18H2,(H,26,29). The van der Waals surface area contributed by atoms with Gasteiger partial charge in [0.2, 0.25) is 10.0 Å². The molecule has 4 rings (SSSR count). The number of nitrogens with one attached hydrogen (secondary N) is 1. The normalized spacial score (nSPS) is 14.9. The molecule has 1 fully saturated rings. The lowest BCUT2D eigenvalue weighted by atomic mass is 10.1. The Morgan fingerprint density at radius 3 is 2.39 bits per heavy atom. The third-order valence-electron chi connectivity index (χ3n) is 5.60. The summed E-state index contributed by atoms with van der Waals surface area (Å²) in [7, 11) is -3.47. The molecule has 3 aromatic carbocycles. The molecule has 0 spiro atoms. The van der Waals surface area contributed by atoms with E-state index in [0.29, 0.717) is 37.0 Å². The van der Waals surface area contributed by atoms with Crippen molar-refractivity contribution >= 4 is 44.0 Å². The largest absolute Gasteiger partial charge is 0.484 e. The fraction of sp³-hybridized carbons (Fsp3) is 0.292. The molecule has 1 aliphatic rings. The summed E-state index contributed by atoms with van der Waals surface area (Å²) in [5.41, 5.74) is 0.912. The minimum Gasteiger partial charge on any atom is -0.484 e. The van der Waals surface area contributed by atoms with E-state index >= 15 is 0 Å². The molecule has 1 heterocycles. The molecule has 0 unspecified atom stereocenters.